The van der Waals surface area contributed by atoms with E-state index in [0.29, 0.717) is 0 Å². The number of rotatable bonds is 5. The highest BCUT2D eigenvalue weighted by molar-refractivity contribution is 7.11. The van der Waals surface area contributed by atoms with E-state index in [9.17, 15) is 0 Å². The first-order valence-corrected chi connectivity index (χ1v) is 6.34. The number of thiazole rings is 1. The van der Waals surface area contributed by atoms with Crippen LogP contribution in [0.15, 0.2) is 30.5 Å². The molecule has 0 radical (unpaired) electrons. The molecule has 90 valence electrons. The Morgan fingerprint density at radius 1 is 1.35 bits per heavy atom. The smallest absolute Gasteiger partial charge is 0.119 e. The van der Waals surface area contributed by atoms with Crippen molar-refractivity contribution < 1.29 is 4.74 Å². The lowest BCUT2D eigenvalue weighted by Crippen LogP contribution is -2.11. The van der Waals surface area contributed by atoms with E-state index in [-0.39, 0.29) is 0 Å². The number of aryl methyl sites for hydroxylation is 1. The Labute approximate surface area is 105 Å². The van der Waals surface area contributed by atoms with E-state index in [1.54, 1.807) is 18.4 Å². The summed E-state index contributed by atoms with van der Waals surface area (Å²) in [6, 6.07) is 8.10. The molecule has 0 aliphatic carbocycles. The number of methoxy groups -OCH3 is 1. The van der Waals surface area contributed by atoms with Crippen LogP contribution in [0.3, 0.4) is 0 Å². The van der Waals surface area contributed by atoms with Gasteiger partial charge in [-0.3, -0.25) is 0 Å². The summed E-state index contributed by atoms with van der Waals surface area (Å²) in [5.41, 5.74) is 1.23. The van der Waals surface area contributed by atoms with Gasteiger partial charge in [0.15, 0.2) is 0 Å². The molecule has 0 spiro atoms. The molecule has 0 saturated heterocycles. The molecule has 0 fully saturated rings. The van der Waals surface area contributed by atoms with Gasteiger partial charge in [0.2, 0.25) is 0 Å². The Balaban J connectivity index is 1.85. The Morgan fingerprint density at radius 2 is 2.24 bits per heavy atom. The van der Waals surface area contributed by atoms with Gasteiger partial charge in [0.25, 0.3) is 0 Å². The Bertz CT molecular complexity index is 482. The van der Waals surface area contributed by atoms with Crippen molar-refractivity contribution >= 4 is 11.3 Å². The van der Waals surface area contributed by atoms with Crippen LogP contribution in [0.4, 0.5) is 0 Å². The molecule has 0 bridgehead atoms. The fraction of sp³-hybridized carbons (Fsp3) is 0.308. The highest BCUT2D eigenvalue weighted by Crippen LogP contribution is 2.13. The Hall–Kier alpha value is -1.39. The average Bonchev–Trinajstić information content (AvgIpc) is 2.75. The highest BCUT2D eigenvalue weighted by Gasteiger charge is 1.99. The Kier molecular flexibility index (Phi) is 4.12. The van der Waals surface area contributed by atoms with E-state index >= 15 is 0 Å². The van der Waals surface area contributed by atoms with Gasteiger partial charge in [-0.1, -0.05) is 12.1 Å². The molecule has 2 aromatic rings. The monoisotopic (exact) mass is 248 g/mol. The largest absolute Gasteiger partial charge is 0.497 e. The van der Waals surface area contributed by atoms with Crippen LogP contribution in [-0.4, -0.2) is 12.1 Å². The topological polar surface area (TPSA) is 34.1 Å². The van der Waals surface area contributed by atoms with Crippen LogP contribution >= 0.6 is 11.3 Å². The van der Waals surface area contributed by atoms with Gasteiger partial charge in [-0.15, -0.1) is 11.3 Å². The number of benzene rings is 1. The van der Waals surface area contributed by atoms with Crippen LogP contribution in [0.1, 0.15) is 15.4 Å². The van der Waals surface area contributed by atoms with Crippen molar-refractivity contribution in [1.29, 1.82) is 0 Å². The van der Waals surface area contributed by atoms with E-state index in [1.165, 1.54) is 10.4 Å². The third-order valence-electron chi connectivity index (χ3n) is 2.43. The number of aromatic nitrogens is 1. The molecular formula is C13H16N2OS. The quantitative estimate of drug-likeness (QED) is 0.883. The van der Waals surface area contributed by atoms with Crippen LogP contribution in [0.2, 0.25) is 0 Å². The first-order valence-electron chi connectivity index (χ1n) is 5.53. The zero-order valence-corrected chi connectivity index (χ0v) is 10.9. The molecule has 1 heterocycles. The first-order chi connectivity index (χ1) is 8.28. The molecule has 2 rings (SSSR count). The molecule has 1 aromatic carbocycles. The van der Waals surface area contributed by atoms with Crippen molar-refractivity contribution in [3.63, 3.8) is 0 Å². The van der Waals surface area contributed by atoms with E-state index in [2.05, 4.69) is 16.4 Å². The van der Waals surface area contributed by atoms with Crippen molar-refractivity contribution in [2.24, 2.45) is 0 Å². The van der Waals surface area contributed by atoms with Crippen LogP contribution < -0.4 is 10.1 Å². The standard InChI is InChI=1S/C13H16N2OS/c1-10-15-9-13(17-10)8-14-7-11-4-3-5-12(6-11)16-2/h3-6,9,14H,7-8H2,1-2H3. The maximum atomic E-state index is 5.19. The lowest BCUT2D eigenvalue weighted by atomic mass is 10.2. The van der Waals surface area contributed by atoms with Crippen molar-refractivity contribution in [2.45, 2.75) is 20.0 Å². The zero-order chi connectivity index (χ0) is 12.1. The summed E-state index contributed by atoms with van der Waals surface area (Å²) in [4.78, 5) is 5.50. The van der Waals surface area contributed by atoms with Gasteiger partial charge in [-0.05, 0) is 24.6 Å². The van der Waals surface area contributed by atoms with Gasteiger partial charge < -0.3 is 10.1 Å². The lowest BCUT2D eigenvalue weighted by molar-refractivity contribution is 0.414. The second-order valence-corrected chi connectivity index (χ2v) is 5.12. The zero-order valence-electron chi connectivity index (χ0n) is 10.1. The fourth-order valence-electron chi connectivity index (χ4n) is 1.60. The molecule has 0 aliphatic heterocycles. The lowest BCUT2D eigenvalue weighted by Gasteiger charge is -2.05. The third kappa shape index (κ3) is 3.54. The maximum Gasteiger partial charge on any atom is 0.119 e. The molecule has 0 aliphatic rings. The van der Waals surface area contributed by atoms with E-state index in [4.69, 9.17) is 4.74 Å². The number of nitrogens with zero attached hydrogens (tertiary/aromatic N) is 1. The Morgan fingerprint density at radius 3 is 2.94 bits per heavy atom. The molecule has 1 aromatic heterocycles. The summed E-state index contributed by atoms with van der Waals surface area (Å²) >= 11 is 1.73. The minimum Gasteiger partial charge on any atom is -0.497 e. The molecule has 0 unspecified atom stereocenters. The summed E-state index contributed by atoms with van der Waals surface area (Å²) < 4.78 is 5.19. The molecule has 17 heavy (non-hydrogen) atoms. The molecule has 1 N–H and O–H groups in total. The van der Waals surface area contributed by atoms with Crippen LogP contribution in [0.25, 0.3) is 0 Å². The molecular weight excluding hydrogens is 232 g/mol. The molecule has 0 saturated carbocycles. The first kappa shape index (κ1) is 12.1. The van der Waals surface area contributed by atoms with E-state index in [0.717, 1.165) is 23.8 Å². The summed E-state index contributed by atoms with van der Waals surface area (Å²) in [7, 11) is 1.69. The minimum absolute atomic E-state index is 0.841. The van der Waals surface area contributed by atoms with Crippen molar-refractivity contribution in [2.75, 3.05) is 7.11 Å². The molecule has 0 atom stereocenters. The van der Waals surface area contributed by atoms with Crippen LogP contribution in [0, 0.1) is 6.92 Å². The van der Waals surface area contributed by atoms with Gasteiger partial charge in [-0.2, -0.15) is 0 Å². The number of hydrogen-bond acceptors (Lipinski definition) is 4. The number of hydrogen-bond donors (Lipinski definition) is 1. The molecule has 4 heteroatoms. The fourth-order valence-corrected chi connectivity index (χ4v) is 2.36. The number of ether oxygens (including phenoxy) is 1. The molecule has 0 amide bonds. The molecule has 3 nitrogen and oxygen atoms in total. The summed E-state index contributed by atoms with van der Waals surface area (Å²) in [6.45, 7) is 3.73. The maximum absolute atomic E-state index is 5.19. The van der Waals surface area contributed by atoms with Gasteiger partial charge in [0.1, 0.15) is 5.75 Å². The van der Waals surface area contributed by atoms with Gasteiger partial charge >= 0.3 is 0 Å². The van der Waals surface area contributed by atoms with Gasteiger partial charge in [0.05, 0.1) is 12.1 Å². The van der Waals surface area contributed by atoms with Gasteiger partial charge in [0, 0.05) is 24.2 Å². The predicted octanol–water partition coefficient (Wildman–Crippen LogP) is 2.75. The summed E-state index contributed by atoms with van der Waals surface area (Å²) in [5.74, 6) is 0.901. The van der Waals surface area contributed by atoms with Crippen molar-refractivity contribution in [3.05, 3.63) is 45.9 Å². The van der Waals surface area contributed by atoms with Crippen LogP contribution in [-0.2, 0) is 13.1 Å². The summed E-state index contributed by atoms with van der Waals surface area (Å²) in [6.07, 6.45) is 1.93. The second-order valence-electron chi connectivity index (χ2n) is 3.80. The second kappa shape index (κ2) is 5.80. The van der Waals surface area contributed by atoms with Gasteiger partial charge in [-0.25, -0.2) is 4.98 Å². The van der Waals surface area contributed by atoms with Crippen molar-refractivity contribution in [1.82, 2.24) is 10.3 Å². The van der Waals surface area contributed by atoms with E-state index in [1.807, 2.05) is 31.3 Å². The predicted molar refractivity (Wildman–Crippen MR) is 70.4 cm³/mol. The highest BCUT2D eigenvalue weighted by atomic mass is 32.1. The number of nitrogens with one attached hydrogen (secondary N) is 1. The average molecular weight is 248 g/mol. The normalized spacial score (nSPS) is 10.5. The van der Waals surface area contributed by atoms with Crippen LogP contribution in [0.5, 0.6) is 5.75 Å². The van der Waals surface area contributed by atoms with E-state index < -0.39 is 0 Å². The van der Waals surface area contributed by atoms with Crippen molar-refractivity contribution in [3.8, 4) is 5.75 Å². The summed E-state index contributed by atoms with van der Waals surface area (Å²) in [5, 5.41) is 4.51. The minimum atomic E-state index is 0.841. The third-order valence-corrected chi connectivity index (χ3v) is 3.34. The SMILES string of the molecule is COc1cccc(CNCc2cnc(C)s2)c1.